The molecule has 1 aromatic heterocycles. The van der Waals surface area contributed by atoms with Crippen LogP contribution < -0.4 is 10.9 Å². The van der Waals surface area contributed by atoms with E-state index >= 15 is 4.39 Å². The van der Waals surface area contributed by atoms with E-state index in [1.54, 1.807) is 37.8 Å². The summed E-state index contributed by atoms with van der Waals surface area (Å²) in [5.41, 5.74) is 2.82. The van der Waals surface area contributed by atoms with Crippen molar-refractivity contribution in [1.82, 2.24) is 20.0 Å². The summed E-state index contributed by atoms with van der Waals surface area (Å²) >= 11 is 0. The van der Waals surface area contributed by atoms with Gasteiger partial charge < -0.3 is 10.4 Å². The molecular formula is C36H44F4N4O4. The molecule has 0 saturated carbocycles. The molecule has 3 atom stereocenters. The lowest BCUT2D eigenvalue weighted by Gasteiger charge is -2.26. The molecule has 1 amide bonds. The summed E-state index contributed by atoms with van der Waals surface area (Å²) in [6, 6.07) is 4.90. The zero-order valence-corrected chi connectivity index (χ0v) is 28.3. The number of alkyl halides is 2. The molecule has 48 heavy (non-hydrogen) atoms. The molecule has 0 radical (unpaired) electrons. The summed E-state index contributed by atoms with van der Waals surface area (Å²) in [4.78, 5) is 41.2. The number of nitrogens with zero attached hydrogens (tertiary/aromatic N) is 3. The third kappa shape index (κ3) is 8.69. The number of nitrogens with one attached hydrogen (secondary N) is 1. The lowest BCUT2D eigenvalue weighted by atomic mass is 9.90. The van der Waals surface area contributed by atoms with Crippen LogP contribution in [0.3, 0.4) is 0 Å². The molecule has 2 N–H and O–H groups in total. The molecule has 12 heteroatoms. The van der Waals surface area contributed by atoms with Crippen LogP contribution in [-0.2, 0) is 16.0 Å². The summed E-state index contributed by atoms with van der Waals surface area (Å²) < 4.78 is 58.5. The molecule has 1 aliphatic rings. The van der Waals surface area contributed by atoms with Crippen LogP contribution in [0.25, 0.3) is 11.1 Å². The van der Waals surface area contributed by atoms with Gasteiger partial charge in [0.15, 0.2) is 0 Å². The number of likely N-dealkylation sites (tertiary alicyclic amines) is 1. The number of amides is 1. The Labute approximate surface area is 278 Å². The Morgan fingerprint density at radius 3 is 2.27 bits per heavy atom. The fraction of sp³-hybridized carbons (Fsp3) is 0.500. The molecule has 0 bridgehead atoms. The average Bonchev–Trinajstić information content (AvgIpc) is 3.35. The Hall–Kier alpha value is -4.06. The number of carboxylic acid groups (broad SMARTS) is 1. The van der Waals surface area contributed by atoms with Crippen molar-refractivity contribution in [3.63, 3.8) is 0 Å². The van der Waals surface area contributed by atoms with Crippen LogP contribution in [0.5, 0.6) is 0 Å². The smallest absolute Gasteiger partial charge is 0.305 e. The summed E-state index contributed by atoms with van der Waals surface area (Å²) in [5, 5.41) is 17.0. The van der Waals surface area contributed by atoms with Crippen LogP contribution in [0.15, 0.2) is 35.1 Å². The lowest BCUT2D eigenvalue weighted by Crippen LogP contribution is -2.42. The van der Waals surface area contributed by atoms with Crippen LogP contribution in [0.4, 0.5) is 17.6 Å². The molecule has 2 heterocycles. The third-order valence-corrected chi connectivity index (χ3v) is 9.16. The van der Waals surface area contributed by atoms with Crippen molar-refractivity contribution < 1.29 is 32.3 Å². The SMILES string of the molecule is CCC(C)C[C@@H](C(=O)N[C@@H](CC(=O)O)c1cc(-c2c(C)cc(F)cc2C)cc(C)c1F)n1nc(CCN2CCC(F)(F)C2)cc(C)c1=O. The van der Waals surface area contributed by atoms with Crippen molar-refractivity contribution in [2.24, 2.45) is 5.92 Å². The highest BCUT2D eigenvalue weighted by Gasteiger charge is 2.38. The normalized spacial score (nSPS) is 16.5. The van der Waals surface area contributed by atoms with Gasteiger partial charge in [-0.15, -0.1) is 0 Å². The number of benzene rings is 2. The molecule has 260 valence electrons. The van der Waals surface area contributed by atoms with Crippen LogP contribution in [0.2, 0.25) is 0 Å². The molecule has 1 aliphatic heterocycles. The fourth-order valence-corrected chi connectivity index (χ4v) is 6.42. The largest absolute Gasteiger partial charge is 0.481 e. The summed E-state index contributed by atoms with van der Waals surface area (Å²) in [6.07, 6.45) is 0.261. The molecule has 1 saturated heterocycles. The molecule has 0 spiro atoms. The fourth-order valence-electron chi connectivity index (χ4n) is 6.42. The maximum Gasteiger partial charge on any atom is 0.305 e. The highest BCUT2D eigenvalue weighted by Crippen LogP contribution is 2.34. The number of carbonyl (C=O) groups is 2. The van der Waals surface area contributed by atoms with Gasteiger partial charge in [0.2, 0.25) is 5.91 Å². The van der Waals surface area contributed by atoms with Gasteiger partial charge in [-0.3, -0.25) is 19.3 Å². The summed E-state index contributed by atoms with van der Waals surface area (Å²) in [6.45, 7) is 10.6. The number of aromatic nitrogens is 2. The van der Waals surface area contributed by atoms with Gasteiger partial charge in [-0.2, -0.15) is 5.10 Å². The van der Waals surface area contributed by atoms with Gasteiger partial charge in [-0.05, 0) is 98.2 Å². The first-order valence-electron chi connectivity index (χ1n) is 16.3. The van der Waals surface area contributed by atoms with Crippen molar-refractivity contribution >= 4 is 11.9 Å². The van der Waals surface area contributed by atoms with Crippen molar-refractivity contribution in [3.05, 3.63) is 85.8 Å². The zero-order valence-electron chi connectivity index (χ0n) is 28.3. The van der Waals surface area contributed by atoms with E-state index < -0.39 is 53.5 Å². The molecule has 3 aromatic rings. The highest BCUT2D eigenvalue weighted by atomic mass is 19.3. The quantitative estimate of drug-likeness (QED) is 0.198. The van der Waals surface area contributed by atoms with E-state index in [9.17, 15) is 32.7 Å². The Balaban J connectivity index is 1.72. The minimum Gasteiger partial charge on any atom is -0.481 e. The molecule has 1 unspecified atom stereocenters. The lowest BCUT2D eigenvalue weighted by molar-refractivity contribution is -0.138. The van der Waals surface area contributed by atoms with E-state index in [-0.39, 0.29) is 49.4 Å². The van der Waals surface area contributed by atoms with Crippen molar-refractivity contribution in [2.45, 2.75) is 91.7 Å². The van der Waals surface area contributed by atoms with E-state index in [4.69, 9.17) is 0 Å². The average molecular weight is 673 g/mol. The Morgan fingerprint density at radius 2 is 1.69 bits per heavy atom. The highest BCUT2D eigenvalue weighted by molar-refractivity contribution is 5.82. The maximum absolute atomic E-state index is 15.8. The van der Waals surface area contributed by atoms with Gasteiger partial charge >= 0.3 is 5.97 Å². The van der Waals surface area contributed by atoms with Gasteiger partial charge in [0.1, 0.15) is 17.7 Å². The van der Waals surface area contributed by atoms with Crippen molar-refractivity contribution in [3.8, 4) is 11.1 Å². The second kappa shape index (κ2) is 15.0. The molecular weight excluding hydrogens is 628 g/mol. The molecule has 2 aromatic carbocycles. The van der Waals surface area contributed by atoms with Crippen LogP contribution in [-0.4, -0.2) is 57.2 Å². The monoisotopic (exact) mass is 672 g/mol. The van der Waals surface area contributed by atoms with E-state index in [1.807, 2.05) is 13.8 Å². The number of carboxylic acids is 1. The van der Waals surface area contributed by atoms with Gasteiger partial charge in [-0.1, -0.05) is 20.3 Å². The first-order valence-corrected chi connectivity index (χ1v) is 16.3. The minimum absolute atomic E-state index is 0.0464. The first-order chi connectivity index (χ1) is 22.5. The minimum atomic E-state index is -2.75. The standard InChI is InChI=1S/C36H44F4N4O4/c1-7-20(2)12-30(44-35(48)24(6)16-27(42-44)8-10-43-11-9-36(39,40)19-43)34(47)41-29(18-31(45)46)28-17-25(13-23(5)33(28)38)32-21(3)14-26(37)15-22(32)4/h13-17,20,29-30H,7-12,18-19H2,1-6H3,(H,41,47)(H,45,46)/t20?,29-,30-/m0/s1. The predicted molar refractivity (Wildman–Crippen MR) is 175 cm³/mol. The second-order valence-electron chi connectivity index (χ2n) is 13.2. The number of aliphatic carboxylic acids is 1. The van der Waals surface area contributed by atoms with Crippen LogP contribution in [0.1, 0.15) is 85.1 Å². The second-order valence-corrected chi connectivity index (χ2v) is 13.2. The molecule has 0 aliphatic carbocycles. The van der Waals surface area contributed by atoms with Gasteiger partial charge in [0.05, 0.1) is 24.7 Å². The number of carbonyl (C=O) groups excluding carboxylic acids is 1. The molecule has 1 fully saturated rings. The summed E-state index contributed by atoms with van der Waals surface area (Å²) in [7, 11) is 0. The van der Waals surface area contributed by atoms with Crippen LogP contribution >= 0.6 is 0 Å². The molecule has 4 rings (SSSR count). The Morgan fingerprint density at radius 1 is 1.02 bits per heavy atom. The van der Waals surface area contributed by atoms with Gasteiger partial charge in [0, 0.05) is 37.1 Å². The van der Waals surface area contributed by atoms with E-state index in [0.29, 0.717) is 46.5 Å². The number of hydrogen-bond acceptors (Lipinski definition) is 5. The number of aryl methyl sites for hydroxylation is 4. The number of hydrogen-bond donors (Lipinski definition) is 2. The molecule has 8 nitrogen and oxygen atoms in total. The summed E-state index contributed by atoms with van der Waals surface area (Å²) in [5.74, 6) is -5.89. The van der Waals surface area contributed by atoms with Crippen molar-refractivity contribution in [2.75, 3.05) is 19.6 Å². The zero-order chi connectivity index (χ0) is 35.5. The topological polar surface area (TPSA) is 105 Å². The third-order valence-electron chi connectivity index (χ3n) is 9.16. The van der Waals surface area contributed by atoms with Crippen molar-refractivity contribution in [1.29, 1.82) is 0 Å². The number of halogens is 4. The van der Waals surface area contributed by atoms with Gasteiger partial charge in [0.25, 0.3) is 11.5 Å². The predicted octanol–water partition coefficient (Wildman–Crippen LogP) is 6.62. The Kier molecular flexibility index (Phi) is 11.5. The van der Waals surface area contributed by atoms with E-state index in [2.05, 4.69) is 10.4 Å². The Bertz CT molecular complexity index is 1720. The van der Waals surface area contributed by atoms with E-state index in [0.717, 1.165) is 4.68 Å². The maximum atomic E-state index is 15.8. The first kappa shape index (κ1) is 36.8. The van der Waals surface area contributed by atoms with E-state index in [1.165, 1.54) is 25.1 Å². The number of rotatable bonds is 13. The van der Waals surface area contributed by atoms with Crippen LogP contribution in [0, 0.1) is 45.2 Å². The van der Waals surface area contributed by atoms with Gasteiger partial charge in [-0.25, -0.2) is 22.2 Å².